The van der Waals surface area contributed by atoms with Crippen LogP contribution in [0.4, 0.5) is 0 Å². The monoisotopic (exact) mass is 645 g/mol. The van der Waals surface area contributed by atoms with Gasteiger partial charge in [0.2, 0.25) is 5.91 Å². The number of esters is 2. The second-order valence-corrected chi connectivity index (χ2v) is 12.1. The fourth-order valence-electron chi connectivity index (χ4n) is 5.00. The third-order valence-electron chi connectivity index (χ3n) is 7.68. The van der Waals surface area contributed by atoms with Gasteiger partial charge < -0.3 is 14.4 Å². The number of unbranched alkanes of at least 4 members (excludes halogenated alkanes) is 20. The van der Waals surface area contributed by atoms with Crippen LogP contribution in [0.15, 0.2) is 0 Å². The van der Waals surface area contributed by atoms with Crippen molar-refractivity contribution in [1.82, 2.24) is 4.90 Å². The van der Waals surface area contributed by atoms with E-state index in [2.05, 4.69) is 29.8 Å². The van der Waals surface area contributed by atoms with E-state index < -0.39 is 0 Å². The van der Waals surface area contributed by atoms with E-state index in [0.29, 0.717) is 25.9 Å². The highest BCUT2D eigenvalue weighted by Gasteiger charge is 2.14. The summed E-state index contributed by atoms with van der Waals surface area (Å²) in [6, 6.07) is 0. The number of halogens is 1. The Morgan fingerprint density at radius 1 is 0.488 bits per heavy atom. The first-order chi connectivity index (χ1) is 20.0. The lowest BCUT2D eigenvalue weighted by molar-refractivity contribution is -0.147. The second kappa shape index (κ2) is 31.8. The van der Waals surface area contributed by atoms with Crippen molar-refractivity contribution in [3.05, 3.63) is 0 Å². The molecule has 242 valence electrons. The Morgan fingerprint density at radius 3 is 1.07 bits per heavy atom. The molecule has 0 aliphatic rings. The summed E-state index contributed by atoms with van der Waals surface area (Å²) in [5, 5.41) is 0.187. The minimum atomic E-state index is -0.203. The number of ether oxygens (including phenoxy) is 2. The number of carbonyl (C=O) groups is 3. The third-order valence-corrected chi connectivity index (χ3v) is 8.16. The van der Waals surface area contributed by atoms with E-state index in [1.807, 2.05) is 0 Å². The van der Waals surface area contributed by atoms with E-state index in [-0.39, 0.29) is 36.4 Å². The van der Waals surface area contributed by atoms with Gasteiger partial charge in [0.1, 0.15) is 13.2 Å². The molecule has 0 spiro atoms. The average Bonchev–Trinajstić information content (AvgIpc) is 2.97. The van der Waals surface area contributed by atoms with Crippen molar-refractivity contribution in [1.29, 1.82) is 0 Å². The van der Waals surface area contributed by atoms with Crippen LogP contribution in [0.1, 0.15) is 168 Å². The molecular weight excluding hydrogens is 582 g/mol. The molecular formula is C34H64BrNO5. The molecule has 0 bridgehead atoms. The predicted octanol–water partition coefficient (Wildman–Crippen LogP) is 9.70. The van der Waals surface area contributed by atoms with Crippen LogP contribution in [0.2, 0.25) is 0 Å². The molecule has 0 aromatic rings. The Kier molecular flexibility index (Phi) is 31.0. The molecule has 0 heterocycles. The molecule has 0 rings (SSSR count). The highest BCUT2D eigenvalue weighted by Crippen LogP contribution is 2.13. The minimum Gasteiger partial charge on any atom is -0.464 e. The van der Waals surface area contributed by atoms with Gasteiger partial charge in [0.15, 0.2) is 0 Å². The number of hydrogen-bond donors (Lipinski definition) is 0. The van der Waals surface area contributed by atoms with Crippen LogP contribution in [0.5, 0.6) is 0 Å². The van der Waals surface area contributed by atoms with Gasteiger partial charge in [-0.05, 0) is 12.8 Å². The molecule has 0 fully saturated rings. The summed E-state index contributed by atoms with van der Waals surface area (Å²) in [6.07, 6.45) is 28.3. The van der Waals surface area contributed by atoms with Gasteiger partial charge in [0.25, 0.3) is 0 Å². The maximum Gasteiger partial charge on any atom is 0.305 e. The van der Waals surface area contributed by atoms with E-state index >= 15 is 0 Å². The smallest absolute Gasteiger partial charge is 0.305 e. The number of rotatable bonds is 31. The first kappa shape index (κ1) is 39.9. The minimum absolute atomic E-state index is 0.104. The van der Waals surface area contributed by atoms with Gasteiger partial charge in [-0.3, -0.25) is 14.4 Å². The zero-order chi connectivity index (χ0) is 30.2. The number of nitrogens with zero attached hydrogens (tertiary/aromatic N) is 1. The van der Waals surface area contributed by atoms with E-state index in [4.69, 9.17) is 9.47 Å². The molecule has 0 N–H and O–H groups in total. The van der Waals surface area contributed by atoms with Crippen molar-refractivity contribution in [3.63, 3.8) is 0 Å². The van der Waals surface area contributed by atoms with Crippen molar-refractivity contribution in [3.8, 4) is 0 Å². The molecule has 0 saturated heterocycles. The first-order valence-electron chi connectivity index (χ1n) is 17.2. The molecule has 0 radical (unpaired) electrons. The Morgan fingerprint density at radius 2 is 0.780 bits per heavy atom. The molecule has 0 atom stereocenters. The second-order valence-electron chi connectivity index (χ2n) is 11.5. The zero-order valence-corrected chi connectivity index (χ0v) is 28.5. The highest BCUT2D eigenvalue weighted by atomic mass is 79.9. The van der Waals surface area contributed by atoms with E-state index in [9.17, 15) is 14.4 Å². The lowest BCUT2D eigenvalue weighted by Gasteiger charge is -2.21. The maximum absolute atomic E-state index is 12.2. The Bertz CT molecular complexity index is 572. The summed E-state index contributed by atoms with van der Waals surface area (Å²) in [7, 11) is 0. The van der Waals surface area contributed by atoms with Crippen LogP contribution in [-0.2, 0) is 23.9 Å². The molecule has 0 aromatic carbocycles. The number of carbonyl (C=O) groups excluding carboxylic acids is 3. The van der Waals surface area contributed by atoms with E-state index in [0.717, 1.165) is 25.7 Å². The predicted molar refractivity (Wildman–Crippen MR) is 174 cm³/mol. The summed E-state index contributed by atoms with van der Waals surface area (Å²) >= 11 is 3.21. The lowest BCUT2D eigenvalue weighted by atomic mass is 10.1. The molecule has 0 aliphatic heterocycles. The Balaban J connectivity index is 3.76. The van der Waals surface area contributed by atoms with Gasteiger partial charge in [-0.25, -0.2) is 0 Å². The summed E-state index contributed by atoms with van der Waals surface area (Å²) < 4.78 is 10.7. The summed E-state index contributed by atoms with van der Waals surface area (Å²) in [6.45, 7) is 5.45. The van der Waals surface area contributed by atoms with Crippen molar-refractivity contribution in [2.75, 3.05) is 31.6 Å². The van der Waals surface area contributed by atoms with Gasteiger partial charge in [-0.2, -0.15) is 0 Å². The van der Waals surface area contributed by atoms with Crippen LogP contribution >= 0.6 is 15.9 Å². The summed E-state index contributed by atoms with van der Waals surface area (Å²) in [5.74, 6) is -0.510. The van der Waals surface area contributed by atoms with Crippen molar-refractivity contribution < 1.29 is 23.9 Å². The lowest BCUT2D eigenvalue weighted by Crippen LogP contribution is -2.38. The van der Waals surface area contributed by atoms with Crippen LogP contribution in [0, 0.1) is 0 Å². The van der Waals surface area contributed by atoms with E-state index in [1.54, 1.807) is 4.90 Å². The zero-order valence-electron chi connectivity index (χ0n) is 26.9. The summed E-state index contributed by atoms with van der Waals surface area (Å²) in [5.41, 5.74) is 0. The maximum atomic E-state index is 12.2. The van der Waals surface area contributed by atoms with Crippen molar-refractivity contribution in [2.24, 2.45) is 0 Å². The summed E-state index contributed by atoms with van der Waals surface area (Å²) in [4.78, 5) is 38.0. The average molecular weight is 647 g/mol. The molecule has 0 aromatic heterocycles. The number of hydrogen-bond acceptors (Lipinski definition) is 5. The highest BCUT2D eigenvalue weighted by molar-refractivity contribution is 9.09. The van der Waals surface area contributed by atoms with Gasteiger partial charge >= 0.3 is 11.9 Å². The van der Waals surface area contributed by atoms with Gasteiger partial charge in [0, 0.05) is 12.8 Å². The first-order valence-corrected chi connectivity index (χ1v) is 18.3. The van der Waals surface area contributed by atoms with Crippen LogP contribution in [-0.4, -0.2) is 54.4 Å². The number of amides is 1. The van der Waals surface area contributed by atoms with Crippen molar-refractivity contribution in [2.45, 2.75) is 168 Å². The van der Waals surface area contributed by atoms with Crippen LogP contribution < -0.4 is 0 Å². The molecule has 0 aliphatic carbocycles. The topological polar surface area (TPSA) is 72.9 Å². The van der Waals surface area contributed by atoms with Gasteiger partial charge in [-0.15, -0.1) is 0 Å². The number of alkyl halides is 1. The fourth-order valence-corrected chi connectivity index (χ4v) is 5.35. The SMILES string of the molecule is CCCCCCCCCCCCCC(=O)OCCN(CCOC(=O)CCCCCCCCCCCCC)C(=O)CBr. The normalized spacial score (nSPS) is 11.0. The van der Waals surface area contributed by atoms with E-state index in [1.165, 1.54) is 116 Å². The molecule has 7 heteroatoms. The largest absolute Gasteiger partial charge is 0.464 e. The third kappa shape index (κ3) is 28.8. The van der Waals surface area contributed by atoms with Gasteiger partial charge in [0.05, 0.1) is 18.4 Å². The fraction of sp³-hybridized carbons (Fsp3) is 0.912. The van der Waals surface area contributed by atoms with Crippen LogP contribution in [0.3, 0.4) is 0 Å². The Labute approximate surface area is 261 Å². The Hall–Kier alpha value is -1.11. The molecule has 6 nitrogen and oxygen atoms in total. The standard InChI is InChI=1S/C34H64BrNO5/c1-3-5-7-9-11-13-15-17-19-21-23-25-33(38)40-29-27-36(32(37)31-35)28-30-41-34(39)26-24-22-20-18-16-14-12-10-8-6-4-2/h3-31H2,1-2H3. The molecule has 41 heavy (non-hydrogen) atoms. The quantitative estimate of drug-likeness (QED) is 0.0426. The van der Waals surface area contributed by atoms with Gasteiger partial charge in [-0.1, -0.05) is 158 Å². The van der Waals surface area contributed by atoms with Crippen LogP contribution in [0.25, 0.3) is 0 Å². The molecule has 1 amide bonds. The van der Waals surface area contributed by atoms with Crippen molar-refractivity contribution >= 4 is 33.8 Å². The molecule has 0 unspecified atom stereocenters. The molecule has 0 saturated carbocycles.